The van der Waals surface area contributed by atoms with Crippen molar-refractivity contribution in [2.45, 2.75) is 6.92 Å². The van der Waals surface area contributed by atoms with Crippen LogP contribution in [0, 0.1) is 18.4 Å². The van der Waals surface area contributed by atoms with E-state index in [-0.39, 0.29) is 0 Å². The second-order valence-electron chi connectivity index (χ2n) is 0.744. The third-order valence-corrected chi connectivity index (χ3v) is 0.318. The van der Waals surface area contributed by atoms with Gasteiger partial charge in [-0.3, -0.25) is 0 Å². The van der Waals surface area contributed by atoms with Crippen LogP contribution < -0.4 is 0 Å². The van der Waals surface area contributed by atoms with E-state index in [1.54, 1.807) is 6.92 Å². The van der Waals surface area contributed by atoms with Crippen molar-refractivity contribution in [3.8, 4) is 11.8 Å². The van der Waals surface area contributed by atoms with Crippen LogP contribution in [-0.4, -0.2) is 0 Å². The fraction of sp³-hybridized carbons (Fsp3) is 0.250. The molecule has 0 heterocycles. The highest BCUT2D eigenvalue weighted by atomic mass is 17.6. The molecule has 0 saturated carbocycles. The Morgan fingerprint density at radius 2 is 2.38 bits per heavy atom. The molecule has 0 saturated heterocycles. The standard InChI is InChI=1S/C4H4O4/c1-2-3-4-6-8-7-5/h4H,1H3. The summed E-state index contributed by atoms with van der Waals surface area (Å²) in [6, 6.07) is 0. The van der Waals surface area contributed by atoms with Crippen molar-refractivity contribution in [1.82, 2.24) is 0 Å². The molecule has 0 bridgehead atoms. The summed E-state index contributed by atoms with van der Waals surface area (Å²) in [7, 11) is 0. The van der Waals surface area contributed by atoms with Crippen LogP contribution in [0.5, 0.6) is 0 Å². The number of hydrogen-bond acceptors (Lipinski definition) is 3. The Balaban J connectivity index is 2.79. The van der Waals surface area contributed by atoms with E-state index in [4.69, 9.17) is 5.26 Å². The van der Waals surface area contributed by atoms with E-state index in [9.17, 15) is 0 Å². The van der Waals surface area contributed by atoms with Gasteiger partial charge >= 0.3 is 0 Å². The Morgan fingerprint density at radius 3 is 2.88 bits per heavy atom. The van der Waals surface area contributed by atoms with E-state index in [1.807, 2.05) is 0 Å². The SMILES string of the molecule is CC#C[CH]OOO[O]. The van der Waals surface area contributed by atoms with Crippen molar-refractivity contribution in [2.24, 2.45) is 0 Å². The molecule has 0 rings (SSSR count). The molecule has 0 atom stereocenters. The van der Waals surface area contributed by atoms with Gasteiger partial charge < -0.3 is 0 Å². The van der Waals surface area contributed by atoms with E-state index in [0.717, 1.165) is 6.61 Å². The number of rotatable bonds is 3. The first-order valence-electron chi connectivity index (χ1n) is 1.77. The fourth-order valence-corrected chi connectivity index (χ4v) is 0.119. The Kier molecular flexibility index (Phi) is 5.92. The molecule has 0 fully saturated rings. The van der Waals surface area contributed by atoms with Crippen molar-refractivity contribution >= 4 is 0 Å². The van der Waals surface area contributed by atoms with Crippen molar-refractivity contribution < 1.29 is 20.2 Å². The molecule has 8 heavy (non-hydrogen) atoms. The lowest BCUT2D eigenvalue weighted by atomic mass is 10.6. The summed E-state index contributed by atoms with van der Waals surface area (Å²) in [6.07, 6.45) is 0. The molecule has 0 aliphatic rings. The van der Waals surface area contributed by atoms with Gasteiger partial charge in [-0.1, -0.05) is 5.92 Å². The largest absolute Gasteiger partial charge is 0.197 e. The highest BCUT2D eigenvalue weighted by Crippen LogP contribution is 1.79. The quantitative estimate of drug-likeness (QED) is 0.232. The minimum atomic E-state index is 0.984. The summed E-state index contributed by atoms with van der Waals surface area (Å²) in [5, 5.41) is 15.2. The van der Waals surface area contributed by atoms with Gasteiger partial charge in [-0.05, 0) is 22.3 Å². The van der Waals surface area contributed by atoms with Crippen LogP contribution in [0.2, 0.25) is 0 Å². The fourth-order valence-electron chi connectivity index (χ4n) is 0.119. The first-order valence-corrected chi connectivity index (χ1v) is 1.77. The topological polar surface area (TPSA) is 47.6 Å². The summed E-state index contributed by atoms with van der Waals surface area (Å²) in [5.74, 6) is 4.80. The lowest BCUT2D eigenvalue weighted by molar-refractivity contribution is -0.637. The first kappa shape index (κ1) is 7.40. The van der Waals surface area contributed by atoms with Crippen molar-refractivity contribution in [2.75, 3.05) is 0 Å². The molecule has 0 N–H and O–H groups in total. The van der Waals surface area contributed by atoms with Crippen LogP contribution in [0.3, 0.4) is 0 Å². The van der Waals surface area contributed by atoms with E-state index >= 15 is 0 Å². The van der Waals surface area contributed by atoms with Crippen molar-refractivity contribution in [3.63, 3.8) is 0 Å². The van der Waals surface area contributed by atoms with Crippen LogP contribution >= 0.6 is 0 Å². The van der Waals surface area contributed by atoms with Gasteiger partial charge in [0.1, 0.15) is 0 Å². The average molecular weight is 116 g/mol. The minimum Gasteiger partial charge on any atom is -0.183 e. The lowest BCUT2D eigenvalue weighted by Gasteiger charge is -1.85. The zero-order valence-corrected chi connectivity index (χ0v) is 4.21. The van der Waals surface area contributed by atoms with E-state index < -0.39 is 0 Å². The van der Waals surface area contributed by atoms with Gasteiger partial charge in [0.2, 0.25) is 0 Å². The molecule has 0 aromatic rings. The summed E-state index contributed by atoms with van der Waals surface area (Å²) >= 11 is 0. The highest BCUT2D eigenvalue weighted by molar-refractivity contribution is 5.02. The monoisotopic (exact) mass is 116 g/mol. The van der Waals surface area contributed by atoms with E-state index in [0.29, 0.717) is 0 Å². The summed E-state index contributed by atoms with van der Waals surface area (Å²) < 4.78 is 0. The molecule has 44 valence electrons. The molecule has 0 amide bonds. The molecular formula is C4H4O4. The van der Waals surface area contributed by atoms with Crippen LogP contribution in [0.1, 0.15) is 6.92 Å². The highest BCUT2D eigenvalue weighted by Gasteiger charge is 1.80. The van der Waals surface area contributed by atoms with Gasteiger partial charge in [-0.15, -0.1) is 5.92 Å². The maximum atomic E-state index is 8.98. The summed E-state index contributed by atoms with van der Waals surface area (Å²) in [4.78, 5) is 3.89. The average Bonchev–Trinajstić information content (AvgIpc) is 1.81. The first-order chi connectivity index (χ1) is 3.91. The van der Waals surface area contributed by atoms with Crippen molar-refractivity contribution in [3.05, 3.63) is 6.61 Å². The van der Waals surface area contributed by atoms with Crippen molar-refractivity contribution in [1.29, 1.82) is 0 Å². The smallest absolute Gasteiger partial charge is 0.183 e. The third-order valence-electron chi connectivity index (χ3n) is 0.318. The molecule has 0 aliphatic heterocycles. The molecule has 0 spiro atoms. The Bertz CT molecular complexity index is 89.9. The maximum Gasteiger partial charge on any atom is 0.197 e. The zero-order valence-electron chi connectivity index (χ0n) is 4.21. The van der Waals surface area contributed by atoms with E-state index in [1.165, 1.54) is 0 Å². The predicted octanol–water partition coefficient (Wildman–Crippen LogP) is 0.397. The Morgan fingerprint density at radius 1 is 1.62 bits per heavy atom. The molecule has 0 unspecified atom stereocenters. The van der Waals surface area contributed by atoms with Gasteiger partial charge in [-0.2, -0.15) is 4.89 Å². The molecule has 0 aromatic heterocycles. The van der Waals surface area contributed by atoms with Gasteiger partial charge in [0.15, 0.2) is 6.61 Å². The zero-order chi connectivity index (χ0) is 6.24. The molecule has 2 radical (unpaired) electrons. The van der Waals surface area contributed by atoms with Crippen LogP contribution in [-0.2, 0) is 20.2 Å². The molecule has 0 aromatic carbocycles. The second-order valence-corrected chi connectivity index (χ2v) is 0.744. The van der Waals surface area contributed by atoms with Crippen LogP contribution in [0.15, 0.2) is 0 Å². The predicted molar refractivity (Wildman–Crippen MR) is 21.7 cm³/mol. The van der Waals surface area contributed by atoms with E-state index in [2.05, 4.69) is 26.8 Å². The maximum absolute atomic E-state index is 8.98. The summed E-state index contributed by atoms with van der Waals surface area (Å²) in [6.45, 7) is 2.59. The Labute approximate surface area is 46.8 Å². The van der Waals surface area contributed by atoms with Gasteiger partial charge in [-0.25, -0.2) is 0 Å². The van der Waals surface area contributed by atoms with Crippen LogP contribution in [0.4, 0.5) is 0 Å². The van der Waals surface area contributed by atoms with Gasteiger partial charge in [0.25, 0.3) is 0 Å². The van der Waals surface area contributed by atoms with Crippen LogP contribution in [0.25, 0.3) is 0 Å². The molecule has 0 aliphatic carbocycles. The second kappa shape index (κ2) is 6.40. The normalized spacial score (nSPS) is 7.75. The van der Waals surface area contributed by atoms with Gasteiger partial charge in [0, 0.05) is 0 Å². The molecular weight excluding hydrogens is 112 g/mol. The lowest BCUT2D eigenvalue weighted by Crippen LogP contribution is -1.86. The Hall–Kier alpha value is -0.600. The third kappa shape index (κ3) is 5.40. The number of hydrogen-bond donors (Lipinski definition) is 0. The molecule has 4 heteroatoms. The van der Waals surface area contributed by atoms with Gasteiger partial charge in [0.05, 0.1) is 0 Å². The minimum absolute atomic E-state index is 0.984. The summed E-state index contributed by atoms with van der Waals surface area (Å²) in [5.41, 5.74) is 0. The molecule has 4 nitrogen and oxygen atoms in total.